The standard InChI is InChI=1S/C16H20ClNO3/c1-9(2)13(19)8-16(20)18-10(3)15-7-11-6-12(17)4-5-14(11)21-15/h4-7,9-10,13,19H,8H2,1-3H3,(H,18,20). The highest BCUT2D eigenvalue weighted by Crippen LogP contribution is 2.26. The molecular formula is C16H20ClNO3. The SMILES string of the molecule is CC(NC(=O)CC(O)C(C)C)c1cc2cc(Cl)ccc2o1. The Kier molecular flexibility index (Phi) is 4.91. The molecule has 2 aromatic rings. The number of benzene rings is 1. The van der Waals surface area contributed by atoms with Gasteiger partial charge >= 0.3 is 0 Å². The van der Waals surface area contributed by atoms with Gasteiger partial charge in [0.1, 0.15) is 11.3 Å². The number of hydrogen-bond donors (Lipinski definition) is 2. The van der Waals surface area contributed by atoms with E-state index in [4.69, 9.17) is 16.0 Å². The molecule has 21 heavy (non-hydrogen) atoms. The number of aliphatic hydroxyl groups excluding tert-OH is 1. The number of amides is 1. The van der Waals surface area contributed by atoms with Gasteiger partial charge in [-0.25, -0.2) is 0 Å². The molecule has 0 bridgehead atoms. The van der Waals surface area contributed by atoms with E-state index in [1.165, 1.54) is 0 Å². The Hall–Kier alpha value is -1.52. The number of aliphatic hydroxyl groups is 1. The largest absolute Gasteiger partial charge is 0.459 e. The minimum absolute atomic E-state index is 0.0550. The number of carbonyl (C=O) groups excluding carboxylic acids is 1. The molecule has 0 saturated carbocycles. The lowest BCUT2D eigenvalue weighted by molar-refractivity contribution is -0.124. The van der Waals surface area contributed by atoms with Crippen molar-refractivity contribution in [3.05, 3.63) is 35.0 Å². The minimum Gasteiger partial charge on any atom is -0.459 e. The molecule has 2 N–H and O–H groups in total. The Morgan fingerprint density at radius 3 is 2.71 bits per heavy atom. The molecule has 1 heterocycles. The fraction of sp³-hybridized carbons (Fsp3) is 0.438. The van der Waals surface area contributed by atoms with E-state index >= 15 is 0 Å². The number of carbonyl (C=O) groups is 1. The van der Waals surface area contributed by atoms with Gasteiger partial charge in [0, 0.05) is 10.4 Å². The monoisotopic (exact) mass is 309 g/mol. The highest BCUT2D eigenvalue weighted by atomic mass is 35.5. The molecule has 1 aromatic carbocycles. The lowest BCUT2D eigenvalue weighted by Gasteiger charge is -2.16. The van der Waals surface area contributed by atoms with Crippen molar-refractivity contribution >= 4 is 28.5 Å². The van der Waals surface area contributed by atoms with Crippen molar-refractivity contribution in [2.75, 3.05) is 0 Å². The third kappa shape index (κ3) is 3.99. The summed E-state index contributed by atoms with van der Waals surface area (Å²) in [5.41, 5.74) is 0.734. The van der Waals surface area contributed by atoms with E-state index in [0.717, 1.165) is 11.0 Å². The van der Waals surface area contributed by atoms with Gasteiger partial charge in [-0.1, -0.05) is 25.4 Å². The van der Waals surface area contributed by atoms with E-state index in [-0.39, 0.29) is 24.3 Å². The van der Waals surface area contributed by atoms with Crippen LogP contribution in [0.3, 0.4) is 0 Å². The number of nitrogens with one attached hydrogen (secondary N) is 1. The fourth-order valence-electron chi connectivity index (χ4n) is 2.05. The molecule has 0 aliphatic heterocycles. The zero-order chi connectivity index (χ0) is 15.6. The summed E-state index contributed by atoms with van der Waals surface area (Å²) < 4.78 is 5.70. The second-order valence-corrected chi connectivity index (χ2v) is 6.07. The first kappa shape index (κ1) is 15.9. The van der Waals surface area contributed by atoms with E-state index in [9.17, 15) is 9.90 Å². The van der Waals surface area contributed by atoms with Gasteiger partial charge in [-0.05, 0) is 37.1 Å². The molecule has 0 aliphatic rings. The summed E-state index contributed by atoms with van der Waals surface area (Å²) in [7, 11) is 0. The lowest BCUT2D eigenvalue weighted by atomic mass is 10.0. The number of rotatable bonds is 5. The molecule has 0 fully saturated rings. The minimum atomic E-state index is -0.633. The first-order valence-electron chi connectivity index (χ1n) is 7.03. The van der Waals surface area contributed by atoms with Crippen LogP contribution in [-0.4, -0.2) is 17.1 Å². The molecule has 2 rings (SSSR count). The topological polar surface area (TPSA) is 62.5 Å². The van der Waals surface area contributed by atoms with Crippen LogP contribution in [0.15, 0.2) is 28.7 Å². The van der Waals surface area contributed by atoms with Crippen LogP contribution in [0.4, 0.5) is 0 Å². The van der Waals surface area contributed by atoms with Crippen LogP contribution in [0, 0.1) is 5.92 Å². The van der Waals surface area contributed by atoms with Gasteiger partial charge in [-0.15, -0.1) is 0 Å². The Morgan fingerprint density at radius 1 is 1.33 bits per heavy atom. The summed E-state index contributed by atoms with van der Waals surface area (Å²) >= 11 is 5.94. The van der Waals surface area contributed by atoms with E-state index in [0.29, 0.717) is 10.8 Å². The van der Waals surface area contributed by atoms with Crippen molar-refractivity contribution in [1.82, 2.24) is 5.32 Å². The van der Waals surface area contributed by atoms with Gasteiger partial charge in [0.05, 0.1) is 18.6 Å². The summed E-state index contributed by atoms with van der Waals surface area (Å²) in [5, 5.41) is 14.1. The molecule has 0 saturated heterocycles. The molecule has 5 heteroatoms. The molecule has 0 radical (unpaired) electrons. The number of halogens is 1. The highest BCUT2D eigenvalue weighted by molar-refractivity contribution is 6.31. The maximum atomic E-state index is 11.9. The van der Waals surface area contributed by atoms with Gasteiger partial charge in [0.25, 0.3) is 0 Å². The zero-order valence-electron chi connectivity index (χ0n) is 12.4. The van der Waals surface area contributed by atoms with Crippen LogP contribution in [0.25, 0.3) is 11.0 Å². The van der Waals surface area contributed by atoms with Crippen LogP contribution in [0.5, 0.6) is 0 Å². The molecule has 1 aromatic heterocycles. The molecule has 0 aliphatic carbocycles. The molecular weight excluding hydrogens is 290 g/mol. The normalized spacial score (nSPS) is 14.4. The first-order valence-corrected chi connectivity index (χ1v) is 7.41. The third-order valence-electron chi connectivity index (χ3n) is 3.47. The predicted octanol–water partition coefficient (Wildman–Crippen LogP) is 3.67. The second-order valence-electron chi connectivity index (χ2n) is 5.64. The van der Waals surface area contributed by atoms with Crippen molar-refractivity contribution in [3.63, 3.8) is 0 Å². The van der Waals surface area contributed by atoms with E-state index in [1.807, 2.05) is 32.9 Å². The van der Waals surface area contributed by atoms with E-state index in [2.05, 4.69) is 5.32 Å². The fourth-order valence-corrected chi connectivity index (χ4v) is 2.23. The van der Waals surface area contributed by atoms with Gasteiger partial charge in [-0.2, -0.15) is 0 Å². The van der Waals surface area contributed by atoms with Gasteiger partial charge < -0.3 is 14.8 Å². The maximum absolute atomic E-state index is 11.9. The summed E-state index contributed by atoms with van der Waals surface area (Å²) in [6, 6.07) is 6.99. The van der Waals surface area contributed by atoms with Crippen molar-refractivity contribution in [3.8, 4) is 0 Å². The molecule has 0 spiro atoms. The zero-order valence-corrected chi connectivity index (χ0v) is 13.1. The van der Waals surface area contributed by atoms with Gasteiger partial charge in [0.15, 0.2) is 0 Å². The summed E-state index contributed by atoms with van der Waals surface area (Å²) in [6.07, 6.45) is -0.541. The average Bonchev–Trinajstić information content (AvgIpc) is 2.81. The Morgan fingerprint density at radius 2 is 2.05 bits per heavy atom. The van der Waals surface area contributed by atoms with Gasteiger partial charge in [0.2, 0.25) is 5.91 Å². The predicted molar refractivity (Wildman–Crippen MR) is 83.2 cm³/mol. The molecule has 114 valence electrons. The smallest absolute Gasteiger partial charge is 0.223 e. The van der Waals surface area contributed by atoms with Crippen LogP contribution >= 0.6 is 11.6 Å². The Labute approximate surface area is 129 Å². The van der Waals surface area contributed by atoms with Crippen LogP contribution in [-0.2, 0) is 4.79 Å². The van der Waals surface area contributed by atoms with Crippen molar-refractivity contribution < 1.29 is 14.3 Å². The Bertz CT molecular complexity index is 635. The molecule has 2 unspecified atom stereocenters. The van der Waals surface area contributed by atoms with Crippen LogP contribution < -0.4 is 5.32 Å². The van der Waals surface area contributed by atoms with Crippen LogP contribution in [0.2, 0.25) is 5.02 Å². The average molecular weight is 310 g/mol. The van der Waals surface area contributed by atoms with Gasteiger partial charge in [-0.3, -0.25) is 4.79 Å². The first-order chi connectivity index (χ1) is 9.86. The summed E-state index contributed by atoms with van der Waals surface area (Å²) in [6.45, 7) is 5.60. The quantitative estimate of drug-likeness (QED) is 0.885. The van der Waals surface area contributed by atoms with Crippen molar-refractivity contribution in [2.24, 2.45) is 5.92 Å². The second kappa shape index (κ2) is 6.50. The van der Waals surface area contributed by atoms with E-state index in [1.54, 1.807) is 12.1 Å². The third-order valence-corrected chi connectivity index (χ3v) is 3.70. The molecule has 1 amide bonds. The highest BCUT2D eigenvalue weighted by Gasteiger charge is 2.18. The van der Waals surface area contributed by atoms with Crippen LogP contribution in [0.1, 0.15) is 39.0 Å². The Balaban J connectivity index is 2.04. The number of fused-ring (bicyclic) bond motifs is 1. The van der Waals surface area contributed by atoms with E-state index < -0.39 is 6.10 Å². The lowest BCUT2D eigenvalue weighted by Crippen LogP contribution is -2.31. The molecule has 2 atom stereocenters. The number of furan rings is 1. The number of hydrogen-bond acceptors (Lipinski definition) is 3. The maximum Gasteiger partial charge on any atom is 0.223 e. The van der Waals surface area contributed by atoms with Crippen molar-refractivity contribution in [1.29, 1.82) is 0 Å². The van der Waals surface area contributed by atoms with Crippen molar-refractivity contribution in [2.45, 2.75) is 39.3 Å². The summed E-state index contributed by atoms with van der Waals surface area (Å²) in [4.78, 5) is 11.9. The summed E-state index contributed by atoms with van der Waals surface area (Å²) in [5.74, 6) is 0.529. The molecule has 4 nitrogen and oxygen atoms in total.